The molecule has 1 aliphatic heterocycles. The molecule has 0 aliphatic carbocycles. The summed E-state index contributed by atoms with van der Waals surface area (Å²) in [5.41, 5.74) is 0.134. The largest absolute Gasteiger partial charge is 0.498 e. The Kier molecular flexibility index (Phi) is 4.54. The number of carbonyl (C=O) groups is 2. The number of rotatable bonds is 3. The Morgan fingerprint density at radius 2 is 2.00 bits per heavy atom. The van der Waals surface area contributed by atoms with Crippen molar-refractivity contribution >= 4 is 11.8 Å². The molecule has 0 fully saturated rings. The van der Waals surface area contributed by atoms with Crippen LogP contribution in [0, 0.1) is 11.3 Å². The lowest BCUT2D eigenvalue weighted by molar-refractivity contribution is -0.137. The van der Waals surface area contributed by atoms with Crippen molar-refractivity contribution in [2.45, 2.75) is 40.5 Å². The fraction of sp³-hybridized carbons (Fsp3) is 0.714. The van der Waals surface area contributed by atoms with E-state index in [1.165, 1.54) is 7.11 Å². The predicted molar refractivity (Wildman–Crippen MR) is 67.9 cm³/mol. The lowest BCUT2D eigenvalue weighted by Crippen LogP contribution is -2.29. The third-order valence-corrected chi connectivity index (χ3v) is 3.25. The lowest BCUT2D eigenvalue weighted by atomic mass is 9.81. The molecule has 0 amide bonds. The van der Waals surface area contributed by atoms with Crippen LogP contribution in [0.15, 0.2) is 11.3 Å². The van der Waals surface area contributed by atoms with E-state index in [-0.39, 0.29) is 23.1 Å². The fourth-order valence-electron chi connectivity index (χ4n) is 2.02. The van der Waals surface area contributed by atoms with E-state index >= 15 is 0 Å². The quantitative estimate of drug-likeness (QED) is 0.726. The van der Waals surface area contributed by atoms with Gasteiger partial charge in [-0.1, -0.05) is 20.8 Å². The molecule has 1 unspecified atom stereocenters. The van der Waals surface area contributed by atoms with Crippen LogP contribution in [0.4, 0.5) is 0 Å². The number of allylic oxidation sites excluding steroid dienone is 1. The van der Waals surface area contributed by atoms with Crippen molar-refractivity contribution in [3.05, 3.63) is 11.3 Å². The first-order valence-corrected chi connectivity index (χ1v) is 6.22. The number of ketones is 1. The van der Waals surface area contributed by atoms with Gasteiger partial charge in [-0.25, -0.2) is 4.79 Å². The van der Waals surface area contributed by atoms with Gasteiger partial charge in [0.05, 0.1) is 19.3 Å². The summed E-state index contributed by atoms with van der Waals surface area (Å²) in [5, 5.41) is 0. The molecule has 0 spiro atoms. The van der Waals surface area contributed by atoms with Crippen LogP contribution in [0.1, 0.15) is 40.5 Å². The van der Waals surface area contributed by atoms with Crippen LogP contribution in [0.25, 0.3) is 0 Å². The van der Waals surface area contributed by atoms with Gasteiger partial charge in [-0.15, -0.1) is 0 Å². The van der Waals surface area contributed by atoms with E-state index in [0.717, 1.165) is 0 Å². The molecule has 1 atom stereocenters. The highest BCUT2D eigenvalue weighted by Crippen LogP contribution is 2.31. The molecular weight excluding hydrogens is 232 g/mol. The zero-order chi connectivity index (χ0) is 13.9. The first kappa shape index (κ1) is 14.7. The molecule has 0 aromatic heterocycles. The Bertz CT molecular complexity index is 374. The Balaban J connectivity index is 2.90. The number of ether oxygens (including phenoxy) is 2. The van der Waals surface area contributed by atoms with Gasteiger partial charge >= 0.3 is 5.97 Å². The maximum absolute atomic E-state index is 12.1. The zero-order valence-corrected chi connectivity index (χ0v) is 11.8. The minimum atomic E-state index is -0.390. The van der Waals surface area contributed by atoms with E-state index in [9.17, 15) is 9.59 Å². The summed E-state index contributed by atoms with van der Waals surface area (Å²) < 4.78 is 10.1. The fourth-order valence-corrected chi connectivity index (χ4v) is 2.02. The smallest absolute Gasteiger partial charge is 0.337 e. The first-order valence-electron chi connectivity index (χ1n) is 6.22. The highest BCUT2D eigenvalue weighted by Gasteiger charge is 2.33. The molecule has 0 N–H and O–H groups in total. The summed E-state index contributed by atoms with van der Waals surface area (Å²) in [5.74, 6) is 0.264. The van der Waals surface area contributed by atoms with E-state index in [2.05, 4.69) is 0 Å². The number of carbonyl (C=O) groups excluding carboxylic acids is 2. The van der Waals surface area contributed by atoms with Crippen molar-refractivity contribution < 1.29 is 19.1 Å². The van der Waals surface area contributed by atoms with E-state index in [1.54, 1.807) is 6.92 Å². The van der Waals surface area contributed by atoms with Crippen LogP contribution in [0.2, 0.25) is 0 Å². The maximum atomic E-state index is 12.1. The van der Waals surface area contributed by atoms with Crippen molar-refractivity contribution in [3.63, 3.8) is 0 Å². The van der Waals surface area contributed by atoms with Gasteiger partial charge in [0.2, 0.25) is 0 Å². The molecule has 0 saturated carbocycles. The molecular formula is C14H22O4. The molecule has 0 bridgehead atoms. The molecule has 18 heavy (non-hydrogen) atoms. The van der Waals surface area contributed by atoms with Gasteiger partial charge in [-0.3, -0.25) is 4.79 Å². The standard InChI is InChI=1S/C14H22O4/c1-9-12(13(16)17-5)10(6-7-18-9)8-11(15)14(2,3)4/h10H,6-8H2,1-5H3. The van der Waals surface area contributed by atoms with Gasteiger partial charge < -0.3 is 9.47 Å². The Hall–Kier alpha value is -1.32. The molecule has 0 radical (unpaired) electrons. The third-order valence-electron chi connectivity index (χ3n) is 3.25. The van der Waals surface area contributed by atoms with Gasteiger partial charge in [0, 0.05) is 17.8 Å². The molecule has 4 nitrogen and oxygen atoms in total. The number of hydrogen-bond acceptors (Lipinski definition) is 4. The number of Topliss-reactive ketones (excluding diaryl/α,β-unsaturated/α-hetero) is 1. The molecule has 102 valence electrons. The SMILES string of the molecule is COC(=O)C1=C(C)OCCC1CC(=O)C(C)(C)C. The molecule has 0 aromatic rings. The van der Waals surface area contributed by atoms with Crippen LogP contribution >= 0.6 is 0 Å². The Labute approximate surface area is 108 Å². The topological polar surface area (TPSA) is 52.6 Å². The molecule has 1 aliphatic rings. The van der Waals surface area contributed by atoms with Crippen LogP contribution in [0.5, 0.6) is 0 Å². The highest BCUT2D eigenvalue weighted by atomic mass is 16.5. The molecule has 1 rings (SSSR count). The van der Waals surface area contributed by atoms with Crippen molar-refractivity contribution in [1.29, 1.82) is 0 Å². The van der Waals surface area contributed by atoms with Gasteiger partial charge in [0.15, 0.2) is 0 Å². The molecule has 0 saturated heterocycles. The summed E-state index contributed by atoms with van der Waals surface area (Å²) >= 11 is 0. The van der Waals surface area contributed by atoms with Gasteiger partial charge in [-0.05, 0) is 13.3 Å². The van der Waals surface area contributed by atoms with Crippen LogP contribution in [-0.4, -0.2) is 25.5 Å². The Morgan fingerprint density at radius 3 is 2.50 bits per heavy atom. The summed E-state index contributed by atoms with van der Waals surface area (Å²) in [7, 11) is 1.35. The van der Waals surface area contributed by atoms with Gasteiger partial charge in [0.25, 0.3) is 0 Å². The molecule has 4 heteroatoms. The second-order valence-electron chi connectivity index (χ2n) is 5.67. The van der Waals surface area contributed by atoms with Crippen LogP contribution in [0.3, 0.4) is 0 Å². The summed E-state index contributed by atoms with van der Waals surface area (Å²) in [4.78, 5) is 23.8. The van der Waals surface area contributed by atoms with E-state index in [0.29, 0.717) is 30.8 Å². The number of methoxy groups -OCH3 is 1. The van der Waals surface area contributed by atoms with Crippen molar-refractivity contribution in [2.24, 2.45) is 11.3 Å². The lowest BCUT2D eigenvalue weighted by Gasteiger charge is -2.27. The first-order chi connectivity index (χ1) is 8.27. The van der Waals surface area contributed by atoms with E-state index < -0.39 is 0 Å². The Morgan fingerprint density at radius 1 is 1.39 bits per heavy atom. The summed E-state index contributed by atoms with van der Waals surface area (Å²) in [6, 6.07) is 0. The van der Waals surface area contributed by atoms with Crippen molar-refractivity contribution in [2.75, 3.05) is 13.7 Å². The van der Waals surface area contributed by atoms with E-state index in [1.807, 2.05) is 20.8 Å². The second kappa shape index (κ2) is 5.55. The minimum absolute atomic E-state index is 0.0853. The highest BCUT2D eigenvalue weighted by molar-refractivity contribution is 5.92. The average molecular weight is 254 g/mol. The number of hydrogen-bond donors (Lipinski definition) is 0. The average Bonchev–Trinajstić information content (AvgIpc) is 2.27. The maximum Gasteiger partial charge on any atom is 0.337 e. The summed E-state index contributed by atoms with van der Waals surface area (Å²) in [6.45, 7) is 7.98. The van der Waals surface area contributed by atoms with Crippen molar-refractivity contribution in [3.8, 4) is 0 Å². The monoisotopic (exact) mass is 254 g/mol. The van der Waals surface area contributed by atoms with Crippen LogP contribution < -0.4 is 0 Å². The minimum Gasteiger partial charge on any atom is -0.498 e. The second-order valence-corrected chi connectivity index (χ2v) is 5.67. The molecule has 1 heterocycles. The summed E-state index contributed by atoms with van der Waals surface area (Å²) in [6.07, 6.45) is 1.05. The van der Waals surface area contributed by atoms with Crippen molar-refractivity contribution in [1.82, 2.24) is 0 Å². The number of esters is 1. The normalized spacial score (nSPS) is 20.4. The zero-order valence-electron chi connectivity index (χ0n) is 11.8. The van der Waals surface area contributed by atoms with E-state index in [4.69, 9.17) is 9.47 Å². The van der Waals surface area contributed by atoms with Crippen LogP contribution in [-0.2, 0) is 19.1 Å². The molecule has 0 aromatic carbocycles. The van der Waals surface area contributed by atoms with Gasteiger partial charge in [-0.2, -0.15) is 0 Å². The third kappa shape index (κ3) is 3.34. The predicted octanol–water partition coefficient (Wildman–Crippen LogP) is 2.48. The van der Waals surface area contributed by atoms with Gasteiger partial charge in [0.1, 0.15) is 11.5 Å².